The molecule has 0 aliphatic heterocycles. The van der Waals surface area contributed by atoms with Crippen LogP contribution in [0.4, 0.5) is 4.39 Å². The lowest BCUT2D eigenvalue weighted by Crippen LogP contribution is -2.01. The van der Waals surface area contributed by atoms with Gasteiger partial charge in [0, 0.05) is 18.0 Å². The number of aromatic nitrogens is 4. The first kappa shape index (κ1) is 19.8. The molecule has 1 aliphatic rings. The van der Waals surface area contributed by atoms with E-state index in [4.69, 9.17) is 4.74 Å². The van der Waals surface area contributed by atoms with Crippen molar-refractivity contribution in [3.05, 3.63) is 90.0 Å². The minimum Gasteiger partial charge on any atom is -0.487 e. The van der Waals surface area contributed by atoms with Crippen molar-refractivity contribution in [2.75, 3.05) is 0 Å². The molecule has 0 bridgehead atoms. The summed E-state index contributed by atoms with van der Waals surface area (Å²) in [5.74, 6) is 1.90. The Morgan fingerprint density at radius 3 is 2.52 bits per heavy atom. The van der Waals surface area contributed by atoms with Gasteiger partial charge in [0.15, 0.2) is 11.0 Å². The Labute approximate surface area is 184 Å². The first-order valence-corrected chi connectivity index (χ1v) is 11.2. The molecule has 0 unspecified atom stereocenters. The Balaban J connectivity index is 1.25. The molecular weight excluding hydrogens is 411 g/mol. The molecule has 0 amide bonds. The molecular formula is C24H21FN4OS. The lowest BCUT2D eigenvalue weighted by Gasteiger charge is -2.10. The van der Waals surface area contributed by atoms with Crippen molar-refractivity contribution < 1.29 is 9.13 Å². The van der Waals surface area contributed by atoms with Crippen LogP contribution in [0.5, 0.6) is 5.75 Å². The lowest BCUT2D eigenvalue weighted by atomic mass is 10.2. The Kier molecular flexibility index (Phi) is 5.67. The fourth-order valence-corrected chi connectivity index (χ4v) is 4.30. The highest BCUT2D eigenvalue weighted by molar-refractivity contribution is 7.98. The highest BCUT2D eigenvalue weighted by Crippen LogP contribution is 2.41. The van der Waals surface area contributed by atoms with Crippen LogP contribution < -0.4 is 4.74 Å². The molecule has 1 saturated carbocycles. The Bertz CT molecular complexity index is 1160. The number of ether oxygens (including phenoxy) is 1. The molecule has 0 atom stereocenters. The summed E-state index contributed by atoms with van der Waals surface area (Å²) >= 11 is 1.62. The van der Waals surface area contributed by atoms with E-state index in [9.17, 15) is 4.39 Å². The standard InChI is InChI=1S/C24H21FN4OS/c25-22-7-2-1-6-21(22)23-27-28-24(29(23)19-10-11-19)31-16-17-8-12-20(13-9-17)30-15-18-5-3-4-14-26-18/h1-9,12-14,19H,10-11,15-16H2. The van der Waals surface area contributed by atoms with E-state index in [0.29, 0.717) is 24.0 Å². The lowest BCUT2D eigenvalue weighted by molar-refractivity contribution is 0.301. The van der Waals surface area contributed by atoms with Crippen molar-refractivity contribution in [2.24, 2.45) is 0 Å². The number of nitrogens with zero attached hydrogens (tertiary/aromatic N) is 4. The van der Waals surface area contributed by atoms with Crippen molar-refractivity contribution in [2.45, 2.75) is 36.4 Å². The van der Waals surface area contributed by atoms with Gasteiger partial charge >= 0.3 is 0 Å². The van der Waals surface area contributed by atoms with Crippen LogP contribution in [0, 0.1) is 5.82 Å². The molecule has 1 aliphatic carbocycles. The SMILES string of the molecule is Fc1ccccc1-c1nnc(SCc2ccc(OCc3ccccn3)cc2)n1C1CC1. The zero-order chi connectivity index (χ0) is 21.0. The van der Waals surface area contributed by atoms with Crippen molar-refractivity contribution >= 4 is 11.8 Å². The molecule has 0 spiro atoms. The summed E-state index contributed by atoms with van der Waals surface area (Å²) in [5, 5.41) is 9.51. The van der Waals surface area contributed by atoms with E-state index in [1.165, 1.54) is 6.07 Å². The minimum atomic E-state index is -0.269. The Hall–Kier alpha value is -3.19. The van der Waals surface area contributed by atoms with Crippen molar-refractivity contribution in [1.82, 2.24) is 19.7 Å². The topological polar surface area (TPSA) is 52.8 Å². The van der Waals surface area contributed by atoms with E-state index in [1.54, 1.807) is 30.1 Å². The Morgan fingerprint density at radius 2 is 1.77 bits per heavy atom. The molecule has 7 heteroatoms. The van der Waals surface area contributed by atoms with Gasteiger partial charge in [-0.3, -0.25) is 9.55 Å². The number of hydrogen-bond donors (Lipinski definition) is 0. The fourth-order valence-electron chi connectivity index (χ4n) is 3.33. The second-order valence-corrected chi connectivity index (χ2v) is 8.37. The molecule has 156 valence electrons. The van der Waals surface area contributed by atoms with Gasteiger partial charge in [0.05, 0.1) is 11.3 Å². The van der Waals surface area contributed by atoms with Crippen molar-refractivity contribution in [3.8, 4) is 17.1 Å². The second-order valence-electron chi connectivity index (χ2n) is 7.43. The molecule has 5 nitrogen and oxygen atoms in total. The second kappa shape index (κ2) is 8.89. The van der Waals surface area contributed by atoms with Crippen LogP contribution >= 0.6 is 11.8 Å². The zero-order valence-electron chi connectivity index (χ0n) is 16.8. The van der Waals surface area contributed by atoms with Gasteiger partial charge < -0.3 is 4.74 Å². The van der Waals surface area contributed by atoms with Crippen molar-refractivity contribution in [1.29, 1.82) is 0 Å². The van der Waals surface area contributed by atoms with Crippen LogP contribution in [0.15, 0.2) is 78.1 Å². The number of thioether (sulfide) groups is 1. The van der Waals surface area contributed by atoms with E-state index >= 15 is 0 Å². The van der Waals surface area contributed by atoms with Gasteiger partial charge in [-0.25, -0.2) is 4.39 Å². The quantitative estimate of drug-likeness (QED) is 0.335. The summed E-state index contributed by atoms with van der Waals surface area (Å²) in [6.07, 6.45) is 3.92. The highest BCUT2D eigenvalue weighted by atomic mass is 32.2. The van der Waals surface area contributed by atoms with Gasteiger partial charge in [-0.1, -0.05) is 42.1 Å². The zero-order valence-corrected chi connectivity index (χ0v) is 17.6. The van der Waals surface area contributed by atoms with Gasteiger partial charge in [-0.2, -0.15) is 0 Å². The third-order valence-electron chi connectivity index (χ3n) is 5.10. The maximum absolute atomic E-state index is 14.3. The summed E-state index contributed by atoms with van der Waals surface area (Å²) in [6.45, 7) is 0.443. The monoisotopic (exact) mass is 432 g/mol. The maximum Gasteiger partial charge on any atom is 0.192 e. The van der Waals surface area contributed by atoms with Gasteiger partial charge in [0.25, 0.3) is 0 Å². The number of rotatable bonds is 8. The number of halogens is 1. The first-order chi connectivity index (χ1) is 15.3. The third kappa shape index (κ3) is 4.61. The first-order valence-electron chi connectivity index (χ1n) is 10.2. The smallest absolute Gasteiger partial charge is 0.192 e. The molecule has 0 radical (unpaired) electrons. The predicted molar refractivity (Wildman–Crippen MR) is 118 cm³/mol. The predicted octanol–water partition coefficient (Wildman–Crippen LogP) is 5.69. The van der Waals surface area contributed by atoms with Crippen LogP contribution in [0.25, 0.3) is 11.4 Å². The number of hydrogen-bond acceptors (Lipinski definition) is 5. The molecule has 0 saturated heterocycles. The molecule has 4 aromatic rings. The molecule has 1 fully saturated rings. The molecule has 0 N–H and O–H groups in total. The Morgan fingerprint density at radius 1 is 0.968 bits per heavy atom. The molecule has 31 heavy (non-hydrogen) atoms. The van der Waals surface area contributed by atoms with Gasteiger partial charge in [-0.05, 0) is 54.8 Å². The van der Waals surface area contributed by atoms with Crippen molar-refractivity contribution in [3.63, 3.8) is 0 Å². The van der Waals surface area contributed by atoms with E-state index in [2.05, 4.69) is 31.9 Å². The van der Waals surface area contributed by atoms with Gasteiger partial charge in [-0.15, -0.1) is 10.2 Å². The largest absolute Gasteiger partial charge is 0.487 e. The van der Waals surface area contributed by atoms with Crippen LogP contribution in [-0.4, -0.2) is 19.7 Å². The molecule has 2 aromatic heterocycles. The van der Waals surface area contributed by atoms with Crippen LogP contribution in [0.2, 0.25) is 0 Å². The summed E-state index contributed by atoms with van der Waals surface area (Å²) in [5.41, 5.74) is 2.56. The normalized spacial score (nSPS) is 13.3. The summed E-state index contributed by atoms with van der Waals surface area (Å²) in [6, 6.07) is 20.9. The number of benzene rings is 2. The average Bonchev–Trinajstić information content (AvgIpc) is 3.57. The van der Waals surface area contributed by atoms with Crippen LogP contribution in [0.1, 0.15) is 30.1 Å². The third-order valence-corrected chi connectivity index (χ3v) is 6.11. The molecule has 5 rings (SSSR count). The molecule has 2 heterocycles. The average molecular weight is 433 g/mol. The van der Waals surface area contributed by atoms with Crippen LogP contribution in [0.3, 0.4) is 0 Å². The number of pyridine rings is 1. The molecule has 2 aromatic carbocycles. The van der Waals surface area contributed by atoms with E-state index in [1.807, 2.05) is 36.4 Å². The van der Waals surface area contributed by atoms with Crippen LogP contribution in [-0.2, 0) is 12.4 Å². The highest BCUT2D eigenvalue weighted by Gasteiger charge is 2.30. The minimum absolute atomic E-state index is 0.269. The van der Waals surface area contributed by atoms with Gasteiger partial charge in [0.1, 0.15) is 18.2 Å². The van der Waals surface area contributed by atoms with Gasteiger partial charge in [0.2, 0.25) is 0 Å². The van der Waals surface area contributed by atoms with E-state index < -0.39 is 0 Å². The maximum atomic E-state index is 14.3. The summed E-state index contributed by atoms with van der Waals surface area (Å²) in [4.78, 5) is 4.26. The van der Waals surface area contributed by atoms with E-state index in [0.717, 1.165) is 40.8 Å². The fraction of sp³-hybridized carbons (Fsp3) is 0.208. The summed E-state index contributed by atoms with van der Waals surface area (Å²) in [7, 11) is 0. The van der Waals surface area contributed by atoms with E-state index in [-0.39, 0.29) is 5.82 Å². The summed E-state index contributed by atoms with van der Waals surface area (Å²) < 4.78 is 22.2.